The zero-order chi connectivity index (χ0) is 14.8. The van der Waals surface area contributed by atoms with Crippen molar-refractivity contribution in [3.05, 3.63) is 41.5 Å². The zero-order valence-corrected chi connectivity index (χ0v) is 12.7. The Hall–Kier alpha value is -2.21. The number of hydrogen-bond acceptors (Lipinski definition) is 4. The molecule has 1 amide bonds. The van der Waals surface area contributed by atoms with E-state index in [1.807, 2.05) is 37.4 Å². The molecule has 0 radical (unpaired) electrons. The normalized spacial score (nSPS) is 12.5. The lowest BCUT2D eigenvalue weighted by atomic mass is 10.2. The van der Waals surface area contributed by atoms with Gasteiger partial charge in [-0.2, -0.15) is 5.10 Å². The first kappa shape index (κ1) is 13.8. The summed E-state index contributed by atoms with van der Waals surface area (Å²) in [6, 6.07) is 6.06. The third-order valence-electron chi connectivity index (χ3n) is 3.41. The van der Waals surface area contributed by atoms with Gasteiger partial charge in [0.15, 0.2) is 5.65 Å². The smallest absolute Gasteiger partial charge is 0.256 e. The quantitative estimate of drug-likeness (QED) is 0.806. The number of fused-ring (bicyclic) bond motifs is 1. The summed E-state index contributed by atoms with van der Waals surface area (Å²) in [5, 5.41) is 9.29. The highest BCUT2D eigenvalue weighted by molar-refractivity contribution is 7.13. The van der Waals surface area contributed by atoms with Crippen LogP contribution in [0.4, 0.5) is 0 Å². The van der Waals surface area contributed by atoms with Crippen molar-refractivity contribution in [2.75, 3.05) is 0 Å². The molecule has 0 aliphatic carbocycles. The number of rotatable bonds is 4. The van der Waals surface area contributed by atoms with E-state index in [0.29, 0.717) is 11.2 Å². The fourth-order valence-corrected chi connectivity index (χ4v) is 2.80. The molecule has 0 saturated heterocycles. The molecule has 0 aliphatic heterocycles. The van der Waals surface area contributed by atoms with Crippen LogP contribution in [0.5, 0.6) is 0 Å². The number of carbonyl (C=O) groups is 1. The van der Waals surface area contributed by atoms with Crippen molar-refractivity contribution >= 4 is 22.9 Å². The van der Waals surface area contributed by atoms with E-state index in [9.17, 15) is 4.79 Å². The first-order valence-electron chi connectivity index (χ1n) is 6.88. The summed E-state index contributed by atoms with van der Waals surface area (Å²) in [6.07, 6.45) is 4.18. The van der Waals surface area contributed by atoms with Gasteiger partial charge in [-0.1, -0.05) is 13.0 Å². The van der Waals surface area contributed by atoms with Crippen molar-refractivity contribution in [2.45, 2.75) is 26.3 Å². The van der Waals surface area contributed by atoms with Crippen LogP contribution in [0.15, 0.2) is 36.0 Å². The third-order valence-corrected chi connectivity index (χ3v) is 4.30. The summed E-state index contributed by atoms with van der Waals surface area (Å²) in [6.45, 7) is 4.02. The molecule has 5 nitrogen and oxygen atoms in total. The molecule has 21 heavy (non-hydrogen) atoms. The molecule has 0 aromatic carbocycles. The lowest BCUT2D eigenvalue weighted by Gasteiger charge is -2.10. The van der Waals surface area contributed by atoms with Gasteiger partial charge < -0.3 is 5.32 Å². The van der Waals surface area contributed by atoms with Crippen LogP contribution < -0.4 is 5.32 Å². The van der Waals surface area contributed by atoms with Crippen molar-refractivity contribution in [1.29, 1.82) is 0 Å². The number of nitrogens with one attached hydrogen (secondary N) is 1. The summed E-state index contributed by atoms with van der Waals surface area (Å²) in [5.74, 6) is -0.129. The molecule has 1 unspecified atom stereocenters. The molecule has 3 aromatic rings. The maximum atomic E-state index is 12.3. The minimum absolute atomic E-state index is 0.129. The van der Waals surface area contributed by atoms with Crippen LogP contribution in [-0.4, -0.2) is 26.5 Å². The number of hydrogen-bond donors (Lipinski definition) is 1. The van der Waals surface area contributed by atoms with Crippen molar-refractivity contribution in [3.8, 4) is 10.6 Å². The fraction of sp³-hybridized carbons (Fsp3) is 0.267. The molecule has 0 bridgehead atoms. The largest absolute Gasteiger partial charge is 0.349 e. The Morgan fingerprint density at radius 3 is 3.05 bits per heavy atom. The Morgan fingerprint density at radius 1 is 1.48 bits per heavy atom. The van der Waals surface area contributed by atoms with E-state index in [1.165, 1.54) is 0 Å². The summed E-state index contributed by atoms with van der Waals surface area (Å²) < 4.78 is 1.72. The van der Waals surface area contributed by atoms with E-state index in [4.69, 9.17) is 0 Å². The van der Waals surface area contributed by atoms with Crippen LogP contribution in [0.1, 0.15) is 30.6 Å². The molecule has 3 rings (SSSR count). The summed E-state index contributed by atoms with van der Waals surface area (Å²) in [4.78, 5) is 17.7. The first-order chi connectivity index (χ1) is 10.2. The van der Waals surface area contributed by atoms with Gasteiger partial charge in [-0.15, -0.1) is 11.3 Å². The van der Waals surface area contributed by atoms with E-state index in [2.05, 4.69) is 15.4 Å². The molecular formula is C15H16N4OS. The van der Waals surface area contributed by atoms with Crippen LogP contribution in [-0.2, 0) is 0 Å². The molecule has 3 heterocycles. The monoisotopic (exact) mass is 300 g/mol. The van der Waals surface area contributed by atoms with Gasteiger partial charge in [0.25, 0.3) is 5.91 Å². The van der Waals surface area contributed by atoms with E-state index >= 15 is 0 Å². The highest BCUT2D eigenvalue weighted by Crippen LogP contribution is 2.25. The Labute approximate surface area is 126 Å². The Kier molecular flexibility index (Phi) is 3.70. The number of aromatic nitrogens is 3. The Morgan fingerprint density at radius 2 is 2.33 bits per heavy atom. The van der Waals surface area contributed by atoms with Gasteiger partial charge in [0.1, 0.15) is 5.56 Å². The maximum absolute atomic E-state index is 12.3. The topological polar surface area (TPSA) is 59.3 Å². The molecular weight excluding hydrogens is 284 g/mol. The minimum Gasteiger partial charge on any atom is -0.349 e. The van der Waals surface area contributed by atoms with Crippen molar-refractivity contribution in [1.82, 2.24) is 19.9 Å². The molecule has 1 atom stereocenters. The number of amides is 1. The average Bonchev–Trinajstić information content (AvgIpc) is 3.15. The van der Waals surface area contributed by atoms with Gasteiger partial charge in [-0.3, -0.25) is 4.79 Å². The van der Waals surface area contributed by atoms with E-state index in [1.54, 1.807) is 28.2 Å². The first-order valence-corrected chi connectivity index (χ1v) is 7.76. The predicted molar refractivity (Wildman–Crippen MR) is 83.5 cm³/mol. The predicted octanol–water partition coefficient (Wildman–Crippen LogP) is 2.99. The maximum Gasteiger partial charge on any atom is 0.256 e. The summed E-state index contributed by atoms with van der Waals surface area (Å²) >= 11 is 1.63. The number of thiophene rings is 1. The van der Waals surface area contributed by atoms with Gasteiger partial charge in [-0.05, 0) is 30.9 Å². The fourth-order valence-electron chi connectivity index (χ4n) is 2.07. The number of nitrogens with zero attached hydrogens (tertiary/aromatic N) is 3. The molecule has 3 aromatic heterocycles. The van der Waals surface area contributed by atoms with Crippen LogP contribution in [0, 0.1) is 0 Å². The van der Waals surface area contributed by atoms with Crippen molar-refractivity contribution < 1.29 is 4.79 Å². The van der Waals surface area contributed by atoms with Gasteiger partial charge in [0.05, 0.1) is 16.8 Å². The summed E-state index contributed by atoms with van der Waals surface area (Å²) in [7, 11) is 0. The molecule has 6 heteroatoms. The van der Waals surface area contributed by atoms with Crippen LogP contribution >= 0.6 is 11.3 Å². The summed E-state index contributed by atoms with van der Waals surface area (Å²) in [5.41, 5.74) is 2.04. The standard InChI is InChI=1S/C15H16N4OS/c1-3-10(2)18-15(20)11-9-17-19-12(6-7-16-14(11)19)13-5-4-8-21-13/h4-10H,3H2,1-2H3,(H,18,20). The molecule has 0 fully saturated rings. The Balaban J connectivity index is 2.04. The number of carbonyl (C=O) groups excluding carboxylic acids is 1. The van der Waals surface area contributed by atoms with E-state index in [-0.39, 0.29) is 11.9 Å². The van der Waals surface area contributed by atoms with Gasteiger partial charge in [0, 0.05) is 12.2 Å². The average molecular weight is 300 g/mol. The second kappa shape index (κ2) is 5.65. The van der Waals surface area contributed by atoms with Crippen molar-refractivity contribution in [2.24, 2.45) is 0 Å². The molecule has 108 valence electrons. The molecule has 1 N–H and O–H groups in total. The molecule has 0 aliphatic rings. The second-order valence-electron chi connectivity index (χ2n) is 4.88. The van der Waals surface area contributed by atoms with Gasteiger partial charge in [-0.25, -0.2) is 9.50 Å². The molecule has 0 spiro atoms. The van der Waals surface area contributed by atoms with Gasteiger partial charge >= 0.3 is 0 Å². The van der Waals surface area contributed by atoms with Crippen LogP contribution in [0.3, 0.4) is 0 Å². The lowest BCUT2D eigenvalue weighted by Crippen LogP contribution is -2.31. The zero-order valence-electron chi connectivity index (χ0n) is 11.9. The Bertz CT molecular complexity index is 763. The minimum atomic E-state index is -0.129. The van der Waals surface area contributed by atoms with Gasteiger partial charge in [0.2, 0.25) is 0 Å². The lowest BCUT2D eigenvalue weighted by molar-refractivity contribution is 0.0940. The van der Waals surface area contributed by atoms with E-state index in [0.717, 1.165) is 17.0 Å². The second-order valence-corrected chi connectivity index (χ2v) is 5.83. The van der Waals surface area contributed by atoms with E-state index < -0.39 is 0 Å². The highest BCUT2D eigenvalue weighted by atomic mass is 32.1. The van der Waals surface area contributed by atoms with Crippen LogP contribution in [0.2, 0.25) is 0 Å². The SMILES string of the molecule is CCC(C)NC(=O)c1cnn2c(-c3cccs3)ccnc12. The highest BCUT2D eigenvalue weighted by Gasteiger charge is 2.17. The van der Waals surface area contributed by atoms with Crippen molar-refractivity contribution in [3.63, 3.8) is 0 Å². The molecule has 0 saturated carbocycles. The van der Waals surface area contributed by atoms with Crippen LogP contribution in [0.25, 0.3) is 16.2 Å². The third kappa shape index (κ3) is 2.54.